The Labute approximate surface area is 185 Å². The van der Waals surface area contributed by atoms with E-state index in [-0.39, 0.29) is 11.9 Å². The number of carbonyl (C=O) groups is 2. The van der Waals surface area contributed by atoms with Crippen molar-refractivity contribution in [3.05, 3.63) is 58.8 Å². The van der Waals surface area contributed by atoms with Crippen LogP contribution in [0.1, 0.15) is 17.2 Å². The van der Waals surface area contributed by atoms with Crippen molar-refractivity contribution in [2.45, 2.75) is 12.6 Å². The van der Waals surface area contributed by atoms with Crippen LogP contribution in [0.25, 0.3) is 0 Å². The molecule has 4 rings (SSSR count). The summed E-state index contributed by atoms with van der Waals surface area (Å²) in [6.07, 6.45) is 0. The van der Waals surface area contributed by atoms with Crippen LogP contribution in [0.15, 0.2) is 47.7 Å². The van der Waals surface area contributed by atoms with Gasteiger partial charge in [-0.05, 0) is 35.4 Å². The second-order valence-corrected chi connectivity index (χ2v) is 7.39. The number of nitrogens with zero attached hydrogens (tertiary/aromatic N) is 1. The lowest BCUT2D eigenvalue weighted by Gasteiger charge is -2.26. The maximum Gasteiger partial charge on any atom is 0.319 e. The highest BCUT2D eigenvalue weighted by Gasteiger charge is 2.40. The number of hydrogen-bond acceptors (Lipinski definition) is 6. The number of ether oxygens (including phenoxy) is 4. The van der Waals surface area contributed by atoms with E-state index in [1.54, 1.807) is 24.1 Å². The van der Waals surface area contributed by atoms with Crippen LogP contribution in [-0.4, -0.2) is 51.8 Å². The van der Waals surface area contributed by atoms with Crippen molar-refractivity contribution in [3.63, 3.8) is 0 Å². The van der Waals surface area contributed by atoms with Gasteiger partial charge in [-0.1, -0.05) is 12.1 Å². The molecule has 0 saturated carbocycles. The van der Waals surface area contributed by atoms with Crippen LogP contribution in [0.5, 0.6) is 23.0 Å². The Morgan fingerprint density at radius 1 is 0.938 bits per heavy atom. The van der Waals surface area contributed by atoms with Gasteiger partial charge in [-0.2, -0.15) is 0 Å². The van der Waals surface area contributed by atoms with Crippen LogP contribution in [0.2, 0.25) is 0 Å². The molecule has 0 fully saturated rings. The number of hydrogen-bond donors (Lipinski definition) is 2. The van der Waals surface area contributed by atoms with Crippen molar-refractivity contribution in [2.75, 3.05) is 35.0 Å². The number of amides is 3. The third-order valence-electron chi connectivity index (χ3n) is 5.57. The normalized spacial score (nSPS) is 17.5. The fourth-order valence-corrected chi connectivity index (χ4v) is 4.03. The summed E-state index contributed by atoms with van der Waals surface area (Å²) in [7, 11) is 6.16. The molecule has 2 N–H and O–H groups in total. The molecule has 2 aliphatic rings. The molecule has 2 heterocycles. The van der Waals surface area contributed by atoms with Gasteiger partial charge in [-0.3, -0.25) is 4.79 Å². The number of rotatable bonds is 7. The number of nitrogens with one attached hydrogen (secondary N) is 2. The Hall–Kier alpha value is -3.88. The second kappa shape index (κ2) is 8.70. The van der Waals surface area contributed by atoms with Crippen molar-refractivity contribution < 1.29 is 28.5 Å². The van der Waals surface area contributed by atoms with E-state index in [0.29, 0.717) is 47.2 Å². The van der Waals surface area contributed by atoms with Gasteiger partial charge in [0.25, 0.3) is 5.91 Å². The Morgan fingerprint density at radius 3 is 2.16 bits per heavy atom. The minimum Gasteiger partial charge on any atom is -0.497 e. The van der Waals surface area contributed by atoms with E-state index >= 15 is 0 Å². The van der Waals surface area contributed by atoms with Gasteiger partial charge in [0.2, 0.25) is 5.75 Å². The largest absolute Gasteiger partial charge is 0.497 e. The molecule has 0 aromatic heterocycles. The SMILES string of the molecule is COc1ccc(CN2CC3=C(C2=O)[C@@H](c2cc(OC)c(OC)c(OC)c2)NC(=O)N3)cc1. The fourth-order valence-electron chi connectivity index (χ4n) is 4.03. The van der Waals surface area contributed by atoms with E-state index in [1.165, 1.54) is 21.3 Å². The molecule has 2 aliphatic heterocycles. The third kappa shape index (κ3) is 3.77. The summed E-state index contributed by atoms with van der Waals surface area (Å²) in [5, 5.41) is 5.63. The first-order valence-electron chi connectivity index (χ1n) is 10.0. The molecule has 1 atom stereocenters. The van der Waals surface area contributed by atoms with Crippen molar-refractivity contribution in [3.8, 4) is 23.0 Å². The van der Waals surface area contributed by atoms with Crippen LogP contribution < -0.4 is 29.6 Å². The van der Waals surface area contributed by atoms with Crippen LogP contribution in [0, 0.1) is 0 Å². The maximum atomic E-state index is 13.4. The lowest BCUT2D eigenvalue weighted by atomic mass is 9.95. The van der Waals surface area contributed by atoms with Gasteiger partial charge in [0.05, 0.1) is 52.3 Å². The summed E-state index contributed by atoms with van der Waals surface area (Å²) >= 11 is 0. The molecular weight excluding hydrogens is 414 g/mol. The Morgan fingerprint density at radius 2 is 1.59 bits per heavy atom. The molecule has 0 radical (unpaired) electrons. The molecule has 2 aromatic carbocycles. The highest BCUT2D eigenvalue weighted by molar-refractivity contribution is 6.01. The quantitative estimate of drug-likeness (QED) is 0.687. The van der Waals surface area contributed by atoms with Crippen molar-refractivity contribution >= 4 is 11.9 Å². The van der Waals surface area contributed by atoms with Gasteiger partial charge < -0.3 is 34.5 Å². The van der Waals surface area contributed by atoms with Gasteiger partial charge in [-0.25, -0.2) is 4.79 Å². The topological polar surface area (TPSA) is 98.4 Å². The summed E-state index contributed by atoms with van der Waals surface area (Å²) in [5.41, 5.74) is 2.70. The summed E-state index contributed by atoms with van der Waals surface area (Å²) in [5.74, 6) is 1.92. The van der Waals surface area contributed by atoms with E-state index in [4.69, 9.17) is 18.9 Å². The lowest BCUT2D eigenvalue weighted by Crippen LogP contribution is -2.44. The molecule has 3 amide bonds. The monoisotopic (exact) mass is 439 g/mol. The fraction of sp³-hybridized carbons (Fsp3) is 0.304. The number of benzene rings is 2. The van der Waals surface area contributed by atoms with Crippen molar-refractivity contribution in [1.82, 2.24) is 15.5 Å². The second-order valence-electron chi connectivity index (χ2n) is 7.39. The predicted octanol–water partition coefficient (Wildman–Crippen LogP) is 2.37. The average molecular weight is 439 g/mol. The zero-order chi connectivity index (χ0) is 22.8. The molecule has 9 heteroatoms. The Balaban J connectivity index is 1.65. The van der Waals surface area contributed by atoms with Gasteiger partial charge in [-0.15, -0.1) is 0 Å². The van der Waals surface area contributed by atoms with Gasteiger partial charge in [0.15, 0.2) is 11.5 Å². The molecule has 2 aromatic rings. The van der Waals surface area contributed by atoms with E-state index in [9.17, 15) is 9.59 Å². The molecule has 0 unspecified atom stereocenters. The Kier molecular flexibility index (Phi) is 5.81. The summed E-state index contributed by atoms with van der Waals surface area (Å²) in [6.45, 7) is 0.724. The van der Waals surface area contributed by atoms with Crippen LogP contribution in [-0.2, 0) is 11.3 Å². The van der Waals surface area contributed by atoms with Crippen molar-refractivity contribution in [1.29, 1.82) is 0 Å². The van der Waals surface area contributed by atoms with Gasteiger partial charge in [0, 0.05) is 6.54 Å². The van der Waals surface area contributed by atoms with Crippen LogP contribution in [0.4, 0.5) is 4.79 Å². The van der Waals surface area contributed by atoms with Crippen molar-refractivity contribution in [2.24, 2.45) is 0 Å². The molecular formula is C23H25N3O6. The zero-order valence-corrected chi connectivity index (χ0v) is 18.4. The first kappa shape index (κ1) is 21.4. The van der Waals surface area contributed by atoms with Gasteiger partial charge in [0.1, 0.15) is 5.75 Å². The summed E-state index contributed by atoms with van der Waals surface area (Å²) in [4.78, 5) is 27.4. The van der Waals surface area contributed by atoms with Crippen LogP contribution in [0.3, 0.4) is 0 Å². The molecule has 0 bridgehead atoms. The first-order chi connectivity index (χ1) is 15.5. The minimum absolute atomic E-state index is 0.151. The molecule has 0 saturated heterocycles. The number of methoxy groups -OCH3 is 4. The molecule has 0 spiro atoms. The molecule has 168 valence electrons. The Bertz CT molecular complexity index is 1050. The van der Waals surface area contributed by atoms with E-state index < -0.39 is 6.04 Å². The minimum atomic E-state index is -0.652. The van der Waals surface area contributed by atoms with E-state index in [1.807, 2.05) is 24.3 Å². The third-order valence-corrected chi connectivity index (χ3v) is 5.57. The number of carbonyl (C=O) groups excluding carboxylic acids is 2. The van der Waals surface area contributed by atoms with E-state index in [0.717, 1.165) is 11.3 Å². The molecule has 9 nitrogen and oxygen atoms in total. The zero-order valence-electron chi connectivity index (χ0n) is 18.4. The highest BCUT2D eigenvalue weighted by atomic mass is 16.5. The molecule has 32 heavy (non-hydrogen) atoms. The first-order valence-corrected chi connectivity index (χ1v) is 10.0. The standard InChI is InChI=1S/C23H25N3O6/c1-29-15-7-5-13(6-8-15)11-26-12-16-19(22(26)27)20(25-23(28)24-16)14-9-17(30-2)21(32-4)18(10-14)31-3/h5-10,20H,11-12H2,1-4H3,(H2,24,25,28)/t20-/m1/s1. The smallest absolute Gasteiger partial charge is 0.319 e. The van der Waals surface area contributed by atoms with Crippen LogP contribution >= 0.6 is 0 Å². The maximum absolute atomic E-state index is 13.4. The number of urea groups is 1. The average Bonchev–Trinajstić information content (AvgIpc) is 3.12. The summed E-state index contributed by atoms with van der Waals surface area (Å²) in [6, 6.07) is 9.98. The predicted molar refractivity (Wildman–Crippen MR) is 116 cm³/mol. The molecule has 0 aliphatic carbocycles. The van der Waals surface area contributed by atoms with E-state index in [2.05, 4.69) is 10.6 Å². The highest BCUT2D eigenvalue weighted by Crippen LogP contribution is 2.42. The lowest BCUT2D eigenvalue weighted by molar-refractivity contribution is -0.126. The summed E-state index contributed by atoms with van der Waals surface area (Å²) < 4.78 is 21.5. The van der Waals surface area contributed by atoms with Gasteiger partial charge >= 0.3 is 6.03 Å².